The molecule has 0 bridgehead atoms. The Labute approximate surface area is 128 Å². The molecule has 1 aromatic carbocycles. The number of amides is 2. The number of nitrogens with zero attached hydrogens (tertiary/aromatic N) is 2. The highest BCUT2D eigenvalue weighted by molar-refractivity contribution is 7.13. The van der Waals surface area contributed by atoms with E-state index in [4.69, 9.17) is 23.2 Å². The van der Waals surface area contributed by atoms with E-state index in [2.05, 4.69) is 20.8 Å². The molecule has 1 heterocycles. The molecule has 6 nitrogen and oxygen atoms in total. The monoisotopic (exact) mass is 332 g/mol. The van der Waals surface area contributed by atoms with E-state index in [9.17, 15) is 9.90 Å². The van der Waals surface area contributed by atoms with Crippen LogP contribution in [-0.4, -0.2) is 27.9 Å². The highest BCUT2D eigenvalue weighted by atomic mass is 35.5. The third-order valence-corrected chi connectivity index (χ3v) is 3.53. The molecule has 106 valence electrons. The van der Waals surface area contributed by atoms with Gasteiger partial charge in [-0.05, 0) is 12.1 Å². The van der Waals surface area contributed by atoms with Gasteiger partial charge in [0, 0.05) is 22.2 Å². The second-order valence-corrected chi connectivity index (χ2v) is 5.44. The molecule has 0 spiro atoms. The van der Waals surface area contributed by atoms with E-state index in [0.717, 1.165) is 0 Å². The maximum atomic E-state index is 11.5. The van der Waals surface area contributed by atoms with Gasteiger partial charge in [-0.1, -0.05) is 40.6 Å². The minimum absolute atomic E-state index is 0.00594. The third kappa shape index (κ3) is 4.04. The normalized spacial score (nSPS) is 11.9. The van der Waals surface area contributed by atoms with Crippen molar-refractivity contribution < 1.29 is 9.90 Å². The molecular weight excluding hydrogens is 323 g/mol. The lowest BCUT2D eigenvalue weighted by Gasteiger charge is -2.13. The van der Waals surface area contributed by atoms with Gasteiger partial charge < -0.3 is 10.4 Å². The zero-order valence-corrected chi connectivity index (χ0v) is 12.3. The second kappa shape index (κ2) is 6.85. The summed E-state index contributed by atoms with van der Waals surface area (Å²) >= 11 is 12.9. The van der Waals surface area contributed by atoms with E-state index in [0.29, 0.717) is 20.7 Å². The number of benzene rings is 1. The van der Waals surface area contributed by atoms with Gasteiger partial charge in [0.2, 0.25) is 5.13 Å². The molecule has 3 N–H and O–H groups in total. The van der Waals surface area contributed by atoms with Crippen LogP contribution in [-0.2, 0) is 0 Å². The molecule has 2 aromatic rings. The van der Waals surface area contributed by atoms with Gasteiger partial charge in [0.25, 0.3) is 0 Å². The summed E-state index contributed by atoms with van der Waals surface area (Å²) in [6, 6.07) is 4.28. The summed E-state index contributed by atoms with van der Waals surface area (Å²) in [5.41, 5.74) is 1.99. The number of carbonyl (C=O) groups excluding carboxylic acids is 1. The number of urea groups is 1. The van der Waals surface area contributed by atoms with Crippen LogP contribution < -0.4 is 10.6 Å². The molecule has 0 fully saturated rings. The molecule has 0 aliphatic carbocycles. The fraction of sp³-hybridized carbons (Fsp3) is 0.182. The van der Waals surface area contributed by atoms with Crippen LogP contribution >= 0.6 is 34.5 Å². The number of hydrogen-bond donors (Lipinski definition) is 3. The van der Waals surface area contributed by atoms with Crippen molar-refractivity contribution in [2.75, 3.05) is 11.9 Å². The van der Waals surface area contributed by atoms with Crippen molar-refractivity contribution in [3.63, 3.8) is 0 Å². The van der Waals surface area contributed by atoms with E-state index >= 15 is 0 Å². The number of aliphatic hydroxyl groups is 1. The van der Waals surface area contributed by atoms with Gasteiger partial charge in [-0.25, -0.2) is 4.79 Å². The van der Waals surface area contributed by atoms with Gasteiger partial charge in [0.1, 0.15) is 5.51 Å². The van der Waals surface area contributed by atoms with E-state index in [1.165, 1.54) is 22.9 Å². The van der Waals surface area contributed by atoms with Gasteiger partial charge in [-0.3, -0.25) is 5.32 Å². The van der Waals surface area contributed by atoms with Crippen LogP contribution in [0.4, 0.5) is 9.93 Å². The molecule has 0 unspecified atom stereocenters. The smallest absolute Gasteiger partial charge is 0.321 e. The number of rotatable bonds is 4. The topological polar surface area (TPSA) is 87.1 Å². The van der Waals surface area contributed by atoms with Crippen LogP contribution in [0.5, 0.6) is 0 Å². The summed E-state index contributed by atoms with van der Waals surface area (Å²) in [4.78, 5) is 11.5. The Morgan fingerprint density at radius 2 is 2.25 bits per heavy atom. The number of aromatic nitrogens is 2. The van der Waals surface area contributed by atoms with Crippen LogP contribution in [0.1, 0.15) is 11.7 Å². The molecule has 0 aliphatic rings. The lowest BCUT2D eigenvalue weighted by molar-refractivity contribution is 0.175. The Morgan fingerprint density at radius 3 is 2.90 bits per heavy atom. The molecule has 1 atom stereocenters. The maximum Gasteiger partial charge on any atom is 0.321 e. The summed E-state index contributed by atoms with van der Waals surface area (Å²) in [5, 5.41) is 23.4. The quantitative estimate of drug-likeness (QED) is 0.803. The van der Waals surface area contributed by atoms with Crippen molar-refractivity contribution >= 4 is 45.7 Å². The van der Waals surface area contributed by atoms with E-state index in [1.807, 2.05) is 0 Å². The first-order valence-corrected chi connectivity index (χ1v) is 7.14. The zero-order chi connectivity index (χ0) is 14.5. The van der Waals surface area contributed by atoms with Gasteiger partial charge in [-0.2, -0.15) is 0 Å². The lowest BCUT2D eigenvalue weighted by Crippen LogP contribution is -2.32. The van der Waals surface area contributed by atoms with E-state index in [1.54, 1.807) is 12.1 Å². The SMILES string of the molecule is O=C(NC[C@H](O)c1ccc(Cl)cc1Cl)Nc1nncs1. The van der Waals surface area contributed by atoms with E-state index in [-0.39, 0.29) is 6.54 Å². The van der Waals surface area contributed by atoms with Crippen LogP contribution in [0.15, 0.2) is 23.7 Å². The first-order chi connectivity index (χ1) is 9.56. The Hall–Kier alpha value is -1.41. The minimum Gasteiger partial charge on any atom is -0.387 e. The average Bonchev–Trinajstić information content (AvgIpc) is 2.89. The number of halogens is 2. The summed E-state index contributed by atoms with van der Waals surface area (Å²) in [7, 11) is 0. The zero-order valence-electron chi connectivity index (χ0n) is 10.0. The molecule has 0 saturated carbocycles. The predicted molar refractivity (Wildman–Crippen MR) is 78.4 cm³/mol. The largest absolute Gasteiger partial charge is 0.387 e. The molecule has 2 rings (SSSR count). The van der Waals surface area contributed by atoms with Gasteiger partial charge in [0.15, 0.2) is 0 Å². The summed E-state index contributed by atoms with van der Waals surface area (Å²) in [6.07, 6.45) is -0.931. The molecular formula is C11H10Cl2N4O2S. The highest BCUT2D eigenvalue weighted by Gasteiger charge is 2.13. The molecule has 0 radical (unpaired) electrons. The Kier molecular flexibility index (Phi) is 5.13. The minimum atomic E-state index is -0.931. The summed E-state index contributed by atoms with van der Waals surface area (Å²) in [6.45, 7) is 0.00594. The first kappa shape index (κ1) is 15.0. The number of aliphatic hydroxyl groups excluding tert-OH is 1. The standard InChI is InChI=1S/C11H10Cl2N4O2S/c12-6-1-2-7(8(13)3-6)9(18)4-14-10(19)16-11-17-15-5-20-11/h1-3,5,9,18H,4H2,(H2,14,16,17,19)/t9-/m0/s1. The molecule has 0 saturated heterocycles. The number of hydrogen-bond acceptors (Lipinski definition) is 5. The van der Waals surface area contributed by atoms with Crippen LogP contribution in [0.3, 0.4) is 0 Å². The van der Waals surface area contributed by atoms with Crippen molar-refractivity contribution in [2.45, 2.75) is 6.10 Å². The molecule has 9 heteroatoms. The number of nitrogens with one attached hydrogen (secondary N) is 2. The van der Waals surface area contributed by atoms with E-state index < -0.39 is 12.1 Å². The second-order valence-electron chi connectivity index (χ2n) is 3.76. The predicted octanol–water partition coefficient (Wildman–Crippen LogP) is 2.70. The highest BCUT2D eigenvalue weighted by Crippen LogP contribution is 2.25. The molecule has 20 heavy (non-hydrogen) atoms. The average molecular weight is 333 g/mol. The summed E-state index contributed by atoms with van der Waals surface area (Å²) in [5.74, 6) is 0. The van der Waals surface area contributed by atoms with Gasteiger partial charge in [-0.15, -0.1) is 10.2 Å². The van der Waals surface area contributed by atoms with Crippen molar-refractivity contribution in [1.29, 1.82) is 0 Å². The van der Waals surface area contributed by atoms with Crippen LogP contribution in [0.25, 0.3) is 0 Å². The van der Waals surface area contributed by atoms with Crippen LogP contribution in [0.2, 0.25) is 10.0 Å². The fourth-order valence-electron chi connectivity index (χ4n) is 1.44. The van der Waals surface area contributed by atoms with Crippen molar-refractivity contribution in [2.24, 2.45) is 0 Å². The third-order valence-electron chi connectivity index (χ3n) is 2.36. The van der Waals surface area contributed by atoms with Crippen LogP contribution in [0, 0.1) is 0 Å². The number of carbonyl (C=O) groups is 1. The maximum absolute atomic E-state index is 11.5. The van der Waals surface area contributed by atoms with Crippen molar-refractivity contribution in [3.05, 3.63) is 39.3 Å². The molecule has 0 aliphatic heterocycles. The number of anilines is 1. The Morgan fingerprint density at radius 1 is 1.45 bits per heavy atom. The van der Waals surface area contributed by atoms with Gasteiger partial charge in [0.05, 0.1) is 6.10 Å². The molecule has 2 amide bonds. The lowest BCUT2D eigenvalue weighted by atomic mass is 10.1. The van der Waals surface area contributed by atoms with Crippen molar-refractivity contribution in [3.8, 4) is 0 Å². The Balaban J connectivity index is 1.88. The van der Waals surface area contributed by atoms with Gasteiger partial charge >= 0.3 is 6.03 Å². The fourth-order valence-corrected chi connectivity index (χ4v) is 2.41. The first-order valence-electron chi connectivity index (χ1n) is 5.50. The molecule has 1 aromatic heterocycles. The Bertz CT molecular complexity index is 594. The summed E-state index contributed by atoms with van der Waals surface area (Å²) < 4.78 is 0. The van der Waals surface area contributed by atoms with Crippen molar-refractivity contribution in [1.82, 2.24) is 15.5 Å².